The van der Waals surface area contributed by atoms with Gasteiger partial charge < -0.3 is 9.47 Å². The van der Waals surface area contributed by atoms with Crippen molar-refractivity contribution in [2.24, 2.45) is 10.6 Å². The first-order valence-corrected chi connectivity index (χ1v) is 8.77. The molecule has 0 saturated heterocycles. The fraction of sp³-hybridized carbons (Fsp3) is 0.600. The average Bonchev–Trinajstić information content (AvgIpc) is 2.45. The molecule has 1 rings (SSSR count). The van der Waals surface area contributed by atoms with Gasteiger partial charge in [0.15, 0.2) is 0 Å². The Balaban J connectivity index is 2.65. The smallest absolute Gasteiger partial charge is 0.209 e. The number of rotatable bonds is 9. The van der Waals surface area contributed by atoms with E-state index in [9.17, 15) is 8.42 Å². The molecule has 0 spiro atoms. The molecule has 2 N–H and O–H groups in total. The summed E-state index contributed by atoms with van der Waals surface area (Å²) in [4.78, 5) is 0. The molecule has 5 nitrogen and oxygen atoms in total. The van der Waals surface area contributed by atoms with Gasteiger partial charge in [-0.3, -0.25) is 0 Å². The fourth-order valence-corrected chi connectivity index (χ4v) is 3.62. The number of hydrogen-bond acceptors (Lipinski definition) is 4. The lowest BCUT2D eigenvalue weighted by Gasteiger charge is -2.30. The molecule has 21 heavy (non-hydrogen) atoms. The lowest BCUT2D eigenvalue weighted by atomic mass is 9.85. The van der Waals surface area contributed by atoms with Crippen molar-refractivity contribution in [3.63, 3.8) is 0 Å². The van der Waals surface area contributed by atoms with E-state index in [0.717, 1.165) is 11.3 Å². The number of hydrogen-bond donors (Lipinski definition) is 1. The highest BCUT2D eigenvalue weighted by molar-refractivity contribution is 7.89. The van der Waals surface area contributed by atoms with E-state index in [1.165, 1.54) is 0 Å². The zero-order valence-corrected chi connectivity index (χ0v) is 13.8. The fourth-order valence-electron chi connectivity index (χ4n) is 2.27. The van der Waals surface area contributed by atoms with Crippen LogP contribution in [0.4, 0.5) is 0 Å². The molecule has 120 valence electrons. The second kappa shape index (κ2) is 7.77. The minimum atomic E-state index is -3.51. The number of sulfonamides is 1. The van der Waals surface area contributed by atoms with Crippen molar-refractivity contribution in [3.8, 4) is 5.75 Å². The van der Waals surface area contributed by atoms with Gasteiger partial charge in [0.05, 0.1) is 26.1 Å². The minimum Gasteiger partial charge on any atom is -0.497 e. The van der Waals surface area contributed by atoms with E-state index in [-0.39, 0.29) is 5.75 Å². The molecule has 0 aromatic heterocycles. The van der Waals surface area contributed by atoms with Crippen LogP contribution in [0.2, 0.25) is 0 Å². The van der Waals surface area contributed by atoms with Crippen molar-refractivity contribution in [2.45, 2.75) is 33.3 Å². The van der Waals surface area contributed by atoms with Crippen LogP contribution >= 0.6 is 0 Å². The first-order valence-electron chi connectivity index (χ1n) is 7.05. The van der Waals surface area contributed by atoms with Crippen LogP contribution in [0.3, 0.4) is 0 Å². The summed E-state index contributed by atoms with van der Waals surface area (Å²) in [7, 11) is -1.90. The van der Waals surface area contributed by atoms with E-state index in [1.807, 2.05) is 38.1 Å². The molecular weight excluding hydrogens is 290 g/mol. The quantitative estimate of drug-likeness (QED) is 0.758. The highest BCUT2D eigenvalue weighted by Gasteiger charge is 2.31. The Morgan fingerprint density at radius 3 is 2.43 bits per heavy atom. The molecule has 0 unspecified atom stereocenters. The molecule has 0 heterocycles. The van der Waals surface area contributed by atoms with E-state index in [4.69, 9.17) is 14.6 Å². The topological polar surface area (TPSA) is 78.6 Å². The summed E-state index contributed by atoms with van der Waals surface area (Å²) in [6, 6.07) is 7.61. The van der Waals surface area contributed by atoms with Crippen LogP contribution in [0.5, 0.6) is 5.75 Å². The monoisotopic (exact) mass is 315 g/mol. The van der Waals surface area contributed by atoms with E-state index in [0.29, 0.717) is 26.1 Å². The SMILES string of the molecule is CCC(CC)(COCc1cccc(OC)c1)CS(N)(=O)=O. The largest absolute Gasteiger partial charge is 0.497 e. The van der Waals surface area contributed by atoms with Gasteiger partial charge in [0, 0.05) is 5.41 Å². The van der Waals surface area contributed by atoms with Gasteiger partial charge in [-0.1, -0.05) is 26.0 Å². The third-order valence-electron chi connectivity index (χ3n) is 3.82. The normalized spacial score (nSPS) is 12.4. The van der Waals surface area contributed by atoms with Crippen molar-refractivity contribution < 1.29 is 17.9 Å². The highest BCUT2D eigenvalue weighted by Crippen LogP contribution is 2.28. The molecule has 0 saturated carbocycles. The highest BCUT2D eigenvalue weighted by atomic mass is 32.2. The minimum absolute atomic E-state index is 0.0505. The first-order chi connectivity index (χ1) is 9.84. The zero-order chi connectivity index (χ0) is 15.9. The van der Waals surface area contributed by atoms with Crippen LogP contribution in [-0.4, -0.2) is 27.9 Å². The Bertz CT molecular complexity index is 538. The lowest BCUT2D eigenvalue weighted by molar-refractivity contribution is 0.0397. The maximum Gasteiger partial charge on any atom is 0.209 e. The van der Waals surface area contributed by atoms with Crippen LogP contribution in [0.25, 0.3) is 0 Å². The summed E-state index contributed by atoms with van der Waals surface area (Å²) in [5, 5.41) is 5.19. The molecule has 0 fully saturated rings. The van der Waals surface area contributed by atoms with Crippen molar-refractivity contribution in [1.82, 2.24) is 0 Å². The Morgan fingerprint density at radius 2 is 1.90 bits per heavy atom. The first kappa shape index (κ1) is 17.9. The van der Waals surface area contributed by atoms with Gasteiger partial charge in [0.1, 0.15) is 5.75 Å². The van der Waals surface area contributed by atoms with Crippen molar-refractivity contribution in [1.29, 1.82) is 0 Å². The van der Waals surface area contributed by atoms with Crippen LogP contribution in [0.1, 0.15) is 32.3 Å². The Kier molecular flexibility index (Phi) is 6.64. The second-order valence-corrected chi connectivity index (χ2v) is 6.97. The van der Waals surface area contributed by atoms with Gasteiger partial charge in [-0.25, -0.2) is 13.6 Å². The average molecular weight is 315 g/mol. The molecule has 0 atom stereocenters. The summed E-state index contributed by atoms with van der Waals surface area (Å²) < 4.78 is 33.7. The molecule has 0 radical (unpaired) electrons. The summed E-state index contributed by atoms with van der Waals surface area (Å²) in [6.07, 6.45) is 1.41. The predicted octanol–water partition coefficient (Wildman–Crippen LogP) is 2.31. The molecule has 0 amide bonds. The number of ether oxygens (including phenoxy) is 2. The summed E-state index contributed by atoms with van der Waals surface area (Å²) in [5.74, 6) is 0.725. The molecule has 6 heteroatoms. The number of nitrogens with two attached hydrogens (primary N) is 1. The second-order valence-electron chi connectivity index (χ2n) is 5.36. The van der Waals surface area contributed by atoms with Gasteiger partial charge in [0.25, 0.3) is 0 Å². The van der Waals surface area contributed by atoms with Gasteiger partial charge in [-0.15, -0.1) is 0 Å². The van der Waals surface area contributed by atoms with E-state index in [1.54, 1.807) is 7.11 Å². The molecule has 0 bridgehead atoms. The molecule has 0 aliphatic rings. The Hall–Kier alpha value is -1.11. The number of methoxy groups -OCH3 is 1. The van der Waals surface area contributed by atoms with Crippen LogP contribution in [0, 0.1) is 5.41 Å². The number of primary sulfonamides is 1. The van der Waals surface area contributed by atoms with E-state index >= 15 is 0 Å². The number of benzene rings is 1. The standard InChI is InChI=1S/C15H25NO4S/c1-4-15(5-2,12-21(16,17)18)11-20-10-13-7-6-8-14(9-13)19-3/h6-9H,4-5,10-12H2,1-3H3,(H2,16,17,18). The molecule has 1 aromatic rings. The Labute approximate surface area is 127 Å². The van der Waals surface area contributed by atoms with Gasteiger partial charge in [-0.05, 0) is 30.5 Å². The maximum atomic E-state index is 11.4. The Morgan fingerprint density at radius 1 is 1.24 bits per heavy atom. The summed E-state index contributed by atoms with van der Waals surface area (Å²) >= 11 is 0. The van der Waals surface area contributed by atoms with E-state index in [2.05, 4.69) is 0 Å². The molecule has 1 aromatic carbocycles. The van der Waals surface area contributed by atoms with Crippen molar-refractivity contribution >= 4 is 10.0 Å². The van der Waals surface area contributed by atoms with Crippen molar-refractivity contribution in [2.75, 3.05) is 19.5 Å². The third-order valence-corrected chi connectivity index (χ3v) is 4.83. The zero-order valence-electron chi connectivity index (χ0n) is 13.0. The molecular formula is C15H25NO4S. The van der Waals surface area contributed by atoms with Crippen LogP contribution < -0.4 is 9.88 Å². The van der Waals surface area contributed by atoms with Gasteiger partial charge in [-0.2, -0.15) is 0 Å². The van der Waals surface area contributed by atoms with Gasteiger partial charge in [0.2, 0.25) is 10.0 Å². The summed E-state index contributed by atoms with van der Waals surface area (Å²) in [6.45, 7) is 4.71. The van der Waals surface area contributed by atoms with Crippen LogP contribution in [0.15, 0.2) is 24.3 Å². The third kappa shape index (κ3) is 6.03. The van der Waals surface area contributed by atoms with Crippen molar-refractivity contribution in [3.05, 3.63) is 29.8 Å². The molecule has 0 aliphatic carbocycles. The maximum absolute atomic E-state index is 11.4. The van der Waals surface area contributed by atoms with Crippen LogP contribution in [-0.2, 0) is 21.4 Å². The lowest BCUT2D eigenvalue weighted by Crippen LogP contribution is -2.36. The summed E-state index contributed by atoms with van der Waals surface area (Å²) in [5.41, 5.74) is 0.568. The van der Waals surface area contributed by atoms with E-state index < -0.39 is 15.4 Å². The predicted molar refractivity (Wildman–Crippen MR) is 83.6 cm³/mol. The molecule has 0 aliphatic heterocycles. The van der Waals surface area contributed by atoms with Gasteiger partial charge >= 0.3 is 0 Å².